The van der Waals surface area contributed by atoms with Crippen LogP contribution in [0.3, 0.4) is 0 Å². The molecule has 130 valence electrons. The Morgan fingerprint density at radius 3 is 2.62 bits per heavy atom. The number of Topliss-reactive ketones (excluding diaryl/α,β-unsaturated/α-hetero) is 1. The molecule has 0 spiro atoms. The molecule has 0 atom stereocenters. The summed E-state index contributed by atoms with van der Waals surface area (Å²) in [6, 6.07) is 15.2. The molecule has 6 heteroatoms. The summed E-state index contributed by atoms with van der Waals surface area (Å²) in [4.78, 5) is 23.2. The van der Waals surface area contributed by atoms with Crippen LogP contribution in [0.25, 0.3) is 16.7 Å². The van der Waals surface area contributed by atoms with Gasteiger partial charge >= 0.3 is 5.97 Å². The quantitative estimate of drug-likeness (QED) is 0.331. The average molecular weight is 368 g/mol. The standard InChI is InChI=1S/C20H14ClNO4/c21-13-6-7-17-14(8-13)15(18(23)16-11-26-20(25)19(16)24)10-22(17)9-12-4-2-1-3-5-12/h1-8,10,23H,9,11H2/b18-16-. The molecule has 0 radical (unpaired) electrons. The second-order valence-electron chi connectivity index (χ2n) is 6.05. The minimum Gasteiger partial charge on any atom is -0.507 e. The first kappa shape index (κ1) is 16.4. The zero-order valence-corrected chi connectivity index (χ0v) is 14.4. The van der Waals surface area contributed by atoms with E-state index in [1.807, 2.05) is 41.0 Å². The number of hydrogen-bond acceptors (Lipinski definition) is 4. The fourth-order valence-electron chi connectivity index (χ4n) is 3.10. The van der Waals surface area contributed by atoms with Crippen LogP contribution in [-0.4, -0.2) is 28.0 Å². The summed E-state index contributed by atoms with van der Waals surface area (Å²) in [5.74, 6) is -2.01. The molecule has 0 unspecified atom stereocenters. The SMILES string of the molecule is O=C1OC/C(=C(/O)c2cn(Cc3ccccc3)c3ccc(Cl)cc23)C1=O. The number of halogens is 1. The maximum atomic E-state index is 11.9. The minimum atomic E-state index is -0.947. The maximum absolute atomic E-state index is 11.9. The molecule has 1 saturated heterocycles. The van der Waals surface area contributed by atoms with Crippen molar-refractivity contribution in [2.24, 2.45) is 0 Å². The Morgan fingerprint density at radius 2 is 1.92 bits per heavy atom. The third kappa shape index (κ3) is 2.76. The Balaban J connectivity index is 1.87. The molecular formula is C20H14ClNO4. The Kier molecular flexibility index (Phi) is 4.01. The van der Waals surface area contributed by atoms with Crippen molar-refractivity contribution >= 4 is 40.0 Å². The van der Waals surface area contributed by atoms with Crippen molar-refractivity contribution in [3.63, 3.8) is 0 Å². The molecule has 0 bridgehead atoms. The molecule has 1 aromatic heterocycles. The number of cyclic esters (lactones) is 1. The van der Waals surface area contributed by atoms with Gasteiger partial charge < -0.3 is 14.4 Å². The smallest absolute Gasteiger partial charge is 0.379 e. The number of hydrogen-bond donors (Lipinski definition) is 1. The van der Waals surface area contributed by atoms with Crippen molar-refractivity contribution in [1.29, 1.82) is 0 Å². The maximum Gasteiger partial charge on any atom is 0.379 e. The van der Waals surface area contributed by atoms with E-state index in [1.165, 1.54) is 0 Å². The van der Waals surface area contributed by atoms with E-state index in [2.05, 4.69) is 0 Å². The summed E-state index contributed by atoms with van der Waals surface area (Å²) >= 11 is 6.12. The summed E-state index contributed by atoms with van der Waals surface area (Å²) in [5, 5.41) is 11.9. The fraction of sp³-hybridized carbons (Fsp3) is 0.100. The topological polar surface area (TPSA) is 68.5 Å². The number of aliphatic hydroxyl groups is 1. The van der Waals surface area contributed by atoms with Gasteiger partial charge in [0, 0.05) is 34.2 Å². The van der Waals surface area contributed by atoms with Gasteiger partial charge in [0.15, 0.2) is 0 Å². The van der Waals surface area contributed by atoms with E-state index in [1.54, 1.807) is 18.3 Å². The number of rotatable bonds is 3. The molecule has 3 aromatic rings. The highest BCUT2D eigenvalue weighted by atomic mass is 35.5. The molecule has 5 nitrogen and oxygen atoms in total. The van der Waals surface area contributed by atoms with Crippen LogP contribution in [0.5, 0.6) is 0 Å². The Labute approximate surface area is 154 Å². The zero-order chi connectivity index (χ0) is 18.3. The van der Waals surface area contributed by atoms with Crippen LogP contribution in [0, 0.1) is 0 Å². The first-order chi connectivity index (χ1) is 12.5. The van der Waals surface area contributed by atoms with Crippen molar-refractivity contribution in [3.05, 3.63) is 76.5 Å². The number of fused-ring (bicyclic) bond motifs is 1. The van der Waals surface area contributed by atoms with Crippen molar-refractivity contribution in [3.8, 4) is 0 Å². The van der Waals surface area contributed by atoms with Crippen molar-refractivity contribution in [2.45, 2.75) is 6.54 Å². The molecule has 2 aromatic carbocycles. The van der Waals surface area contributed by atoms with Gasteiger partial charge in [-0.2, -0.15) is 0 Å². The lowest BCUT2D eigenvalue weighted by atomic mass is 10.1. The lowest BCUT2D eigenvalue weighted by Gasteiger charge is -2.05. The molecule has 1 N–H and O–H groups in total. The lowest BCUT2D eigenvalue weighted by molar-refractivity contribution is -0.146. The van der Waals surface area contributed by atoms with Crippen LogP contribution in [0.1, 0.15) is 11.1 Å². The van der Waals surface area contributed by atoms with E-state index in [4.69, 9.17) is 16.3 Å². The van der Waals surface area contributed by atoms with Crippen LogP contribution in [0.2, 0.25) is 5.02 Å². The van der Waals surface area contributed by atoms with Crippen molar-refractivity contribution in [2.75, 3.05) is 6.61 Å². The number of nitrogens with zero attached hydrogens (tertiary/aromatic N) is 1. The van der Waals surface area contributed by atoms with Gasteiger partial charge in [-0.3, -0.25) is 4.79 Å². The molecular weight excluding hydrogens is 354 g/mol. The number of aromatic nitrogens is 1. The van der Waals surface area contributed by atoms with Gasteiger partial charge in [0.2, 0.25) is 0 Å². The van der Waals surface area contributed by atoms with Crippen LogP contribution in [0.15, 0.2) is 60.3 Å². The molecule has 0 saturated carbocycles. The zero-order valence-electron chi connectivity index (χ0n) is 13.6. The normalized spacial score (nSPS) is 16.2. The number of carbonyl (C=O) groups is 2. The molecule has 4 rings (SSSR count). The van der Waals surface area contributed by atoms with Gasteiger partial charge in [-0.25, -0.2) is 4.79 Å². The van der Waals surface area contributed by atoms with Gasteiger partial charge in [-0.05, 0) is 23.8 Å². The first-order valence-corrected chi connectivity index (χ1v) is 8.38. The summed E-state index contributed by atoms with van der Waals surface area (Å²) in [7, 11) is 0. The van der Waals surface area contributed by atoms with Crippen LogP contribution in [-0.2, 0) is 20.9 Å². The molecule has 1 fully saturated rings. The molecule has 0 amide bonds. The number of esters is 1. The van der Waals surface area contributed by atoms with Gasteiger partial charge in [0.1, 0.15) is 12.4 Å². The average Bonchev–Trinajstić information content (AvgIpc) is 3.16. The summed E-state index contributed by atoms with van der Waals surface area (Å²) in [6.07, 6.45) is 1.76. The number of ether oxygens (including phenoxy) is 1. The molecule has 26 heavy (non-hydrogen) atoms. The van der Waals surface area contributed by atoms with E-state index in [0.29, 0.717) is 22.5 Å². The van der Waals surface area contributed by atoms with Gasteiger partial charge in [0.05, 0.1) is 5.57 Å². The highest BCUT2D eigenvalue weighted by Gasteiger charge is 2.33. The van der Waals surface area contributed by atoms with Gasteiger partial charge in [-0.1, -0.05) is 41.9 Å². The molecule has 2 heterocycles. The van der Waals surface area contributed by atoms with Gasteiger partial charge in [0.25, 0.3) is 5.78 Å². The number of aliphatic hydroxyl groups excluding tert-OH is 1. The van der Waals surface area contributed by atoms with E-state index in [-0.39, 0.29) is 17.9 Å². The van der Waals surface area contributed by atoms with Crippen molar-refractivity contribution in [1.82, 2.24) is 4.57 Å². The first-order valence-electron chi connectivity index (χ1n) is 8.01. The monoisotopic (exact) mass is 367 g/mol. The van der Waals surface area contributed by atoms with Crippen LogP contribution in [0.4, 0.5) is 0 Å². The number of ketones is 1. The fourth-order valence-corrected chi connectivity index (χ4v) is 3.27. The highest BCUT2D eigenvalue weighted by molar-refractivity contribution is 6.43. The van der Waals surface area contributed by atoms with Crippen molar-refractivity contribution < 1.29 is 19.4 Å². The summed E-state index contributed by atoms with van der Waals surface area (Å²) < 4.78 is 6.69. The number of benzene rings is 2. The third-order valence-electron chi connectivity index (χ3n) is 4.39. The summed E-state index contributed by atoms with van der Waals surface area (Å²) in [5.41, 5.74) is 2.36. The predicted molar refractivity (Wildman–Crippen MR) is 98.0 cm³/mol. The second kappa shape index (κ2) is 6.35. The van der Waals surface area contributed by atoms with Gasteiger partial charge in [-0.15, -0.1) is 0 Å². The minimum absolute atomic E-state index is 0.0336. The van der Waals surface area contributed by atoms with E-state index >= 15 is 0 Å². The van der Waals surface area contributed by atoms with Crippen LogP contribution < -0.4 is 0 Å². The third-order valence-corrected chi connectivity index (χ3v) is 4.62. The van der Waals surface area contributed by atoms with E-state index in [9.17, 15) is 14.7 Å². The molecule has 1 aliphatic heterocycles. The molecule has 0 aliphatic carbocycles. The number of carbonyl (C=O) groups excluding carboxylic acids is 2. The Hall–Kier alpha value is -3.05. The predicted octanol–water partition coefficient (Wildman–Crippen LogP) is 3.74. The lowest BCUT2D eigenvalue weighted by Crippen LogP contribution is -2.08. The molecule has 1 aliphatic rings. The Bertz CT molecular complexity index is 1070. The largest absolute Gasteiger partial charge is 0.507 e. The second-order valence-corrected chi connectivity index (χ2v) is 6.49. The Morgan fingerprint density at radius 1 is 1.15 bits per heavy atom. The van der Waals surface area contributed by atoms with E-state index in [0.717, 1.165) is 11.1 Å². The van der Waals surface area contributed by atoms with E-state index < -0.39 is 11.8 Å². The highest BCUT2D eigenvalue weighted by Crippen LogP contribution is 2.32. The summed E-state index contributed by atoms with van der Waals surface area (Å²) in [6.45, 7) is 0.361. The van der Waals surface area contributed by atoms with Crippen LogP contribution >= 0.6 is 11.6 Å².